The van der Waals surface area contributed by atoms with Crippen LogP contribution < -0.4 is 5.32 Å². The number of benzene rings is 1. The van der Waals surface area contributed by atoms with Crippen molar-refractivity contribution < 1.29 is 13.7 Å². The van der Waals surface area contributed by atoms with Gasteiger partial charge in [0.25, 0.3) is 0 Å². The molecule has 3 heterocycles. The fourth-order valence-electron chi connectivity index (χ4n) is 3.40. The zero-order valence-electron chi connectivity index (χ0n) is 15.5. The van der Waals surface area contributed by atoms with Crippen LogP contribution in [0.4, 0.5) is 9.18 Å². The van der Waals surface area contributed by atoms with Crippen molar-refractivity contribution in [3.63, 3.8) is 0 Å². The standard InChI is InChI=1S/C19H21FN6O2/c1-13-23-18(28-24-13)15-3-2-7-25(11-15)19(27)22-10-14-4-5-17(16(20)9-14)26-8-6-21-12-26/h4-6,8-9,12,15H,2-3,7,10-11H2,1H3,(H,22,27). The highest BCUT2D eigenvalue weighted by atomic mass is 19.1. The van der Waals surface area contributed by atoms with Gasteiger partial charge in [-0.05, 0) is 37.5 Å². The molecule has 146 valence electrons. The second-order valence-corrected chi connectivity index (χ2v) is 6.88. The Balaban J connectivity index is 1.35. The highest BCUT2D eigenvalue weighted by molar-refractivity contribution is 5.74. The number of aromatic nitrogens is 4. The van der Waals surface area contributed by atoms with Gasteiger partial charge < -0.3 is 19.3 Å². The number of aryl methyl sites for hydroxylation is 1. The van der Waals surface area contributed by atoms with E-state index in [4.69, 9.17) is 4.52 Å². The van der Waals surface area contributed by atoms with Gasteiger partial charge in [-0.25, -0.2) is 14.2 Å². The molecule has 1 aromatic carbocycles. The topological polar surface area (TPSA) is 89.1 Å². The Labute approximate surface area is 161 Å². The molecule has 1 fully saturated rings. The van der Waals surface area contributed by atoms with Crippen LogP contribution in [0.3, 0.4) is 0 Å². The lowest BCUT2D eigenvalue weighted by molar-refractivity contribution is 0.171. The van der Waals surface area contributed by atoms with Gasteiger partial charge in [0.1, 0.15) is 5.82 Å². The minimum absolute atomic E-state index is 0.0487. The molecule has 2 aromatic heterocycles. The molecule has 3 aromatic rings. The largest absolute Gasteiger partial charge is 0.339 e. The van der Waals surface area contributed by atoms with Gasteiger partial charge in [0.15, 0.2) is 5.82 Å². The number of carbonyl (C=O) groups excluding carboxylic acids is 1. The Hall–Kier alpha value is -3.23. The third-order valence-corrected chi connectivity index (χ3v) is 4.84. The number of hydrogen-bond acceptors (Lipinski definition) is 5. The summed E-state index contributed by atoms with van der Waals surface area (Å²) >= 11 is 0. The average molecular weight is 384 g/mol. The summed E-state index contributed by atoms with van der Waals surface area (Å²) in [5, 5.41) is 6.69. The molecule has 0 aliphatic carbocycles. The number of nitrogens with zero attached hydrogens (tertiary/aromatic N) is 5. The first kappa shape index (κ1) is 18.1. The van der Waals surface area contributed by atoms with Crippen LogP contribution in [0.5, 0.6) is 0 Å². The van der Waals surface area contributed by atoms with Gasteiger partial charge in [-0.2, -0.15) is 4.98 Å². The molecule has 4 rings (SSSR count). The van der Waals surface area contributed by atoms with Crippen molar-refractivity contribution in [1.82, 2.24) is 29.9 Å². The SMILES string of the molecule is Cc1noc(C2CCCN(C(=O)NCc3ccc(-n4ccnc4)c(F)c3)C2)n1. The van der Waals surface area contributed by atoms with Crippen molar-refractivity contribution in [2.75, 3.05) is 13.1 Å². The zero-order chi connectivity index (χ0) is 19.5. The Morgan fingerprint density at radius 1 is 1.43 bits per heavy atom. The first-order valence-corrected chi connectivity index (χ1v) is 9.20. The molecule has 1 N–H and O–H groups in total. The van der Waals surface area contributed by atoms with Crippen LogP contribution >= 0.6 is 0 Å². The minimum atomic E-state index is -0.366. The Morgan fingerprint density at radius 3 is 3.04 bits per heavy atom. The number of halogens is 1. The summed E-state index contributed by atoms with van der Waals surface area (Å²) in [5.74, 6) is 0.854. The van der Waals surface area contributed by atoms with E-state index in [1.165, 1.54) is 12.4 Å². The Bertz CT molecular complexity index is 955. The van der Waals surface area contributed by atoms with Gasteiger partial charge in [-0.3, -0.25) is 0 Å². The quantitative estimate of drug-likeness (QED) is 0.747. The van der Waals surface area contributed by atoms with E-state index in [0.29, 0.717) is 36.1 Å². The molecule has 1 aliphatic rings. The maximum absolute atomic E-state index is 14.3. The molecule has 8 nitrogen and oxygen atoms in total. The number of nitrogens with one attached hydrogen (secondary N) is 1. The summed E-state index contributed by atoms with van der Waals surface area (Å²) in [6.45, 7) is 3.23. The van der Waals surface area contributed by atoms with Gasteiger partial charge >= 0.3 is 6.03 Å². The van der Waals surface area contributed by atoms with E-state index in [0.717, 1.165) is 12.8 Å². The van der Waals surface area contributed by atoms with E-state index < -0.39 is 0 Å². The van der Waals surface area contributed by atoms with E-state index in [9.17, 15) is 9.18 Å². The van der Waals surface area contributed by atoms with Crippen LogP contribution in [0, 0.1) is 12.7 Å². The van der Waals surface area contributed by atoms with E-state index >= 15 is 0 Å². The van der Waals surface area contributed by atoms with Crippen molar-refractivity contribution in [2.24, 2.45) is 0 Å². The molecular weight excluding hydrogens is 363 g/mol. The zero-order valence-corrected chi connectivity index (χ0v) is 15.5. The third-order valence-electron chi connectivity index (χ3n) is 4.84. The van der Waals surface area contributed by atoms with Crippen molar-refractivity contribution in [3.8, 4) is 5.69 Å². The third kappa shape index (κ3) is 3.88. The number of urea groups is 1. The Morgan fingerprint density at radius 2 is 2.32 bits per heavy atom. The number of rotatable bonds is 4. The van der Waals surface area contributed by atoms with Crippen LogP contribution in [0.15, 0.2) is 41.4 Å². The summed E-state index contributed by atoms with van der Waals surface area (Å²) in [5.41, 5.74) is 1.11. The lowest BCUT2D eigenvalue weighted by atomic mass is 9.98. The van der Waals surface area contributed by atoms with E-state index in [2.05, 4.69) is 20.4 Å². The number of amides is 2. The molecule has 1 saturated heterocycles. The Kier molecular flexibility index (Phi) is 5.05. The number of piperidine rings is 1. The monoisotopic (exact) mass is 384 g/mol. The summed E-state index contributed by atoms with van der Waals surface area (Å²) in [6, 6.07) is 4.71. The molecular formula is C19H21FN6O2. The smallest absolute Gasteiger partial charge is 0.317 e. The van der Waals surface area contributed by atoms with Gasteiger partial charge in [0, 0.05) is 32.0 Å². The van der Waals surface area contributed by atoms with E-state index in [-0.39, 0.29) is 24.3 Å². The highest BCUT2D eigenvalue weighted by Crippen LogP contribution is 2.25. The number of hydrogen-bond donors (Lipinski definition) is 1. The predicted octanol–water partition coefficient (Wildman–Crippen LogP) is 2.79. The molecule has 1 atom stereocenters. The minimum Gasteiger partial charge on any atom is -0.339 e. The van der Waals surface area contributed by atoms with Gasteiger partial charge in [0.05, 0.1) is 17.9 Å². The fraction of sp³-hybridized carbons (Fsp3) is 0.368. The van der Waals surface area contributed by atoms with Crippen LogP contribution in [0.25, 0.3) is 5.69 Å². The first-order valence-electron chi connectivity index (χ1n) is 9.20. The van der Waals surface area contributed by atoms with Crippen LogP contribution in [0.2, 0.25) is 0 Å². The average Bonchev–Trinajstić information content (AvgIpc) is 3.38. The van der Waals surface area contributed by atoms with Crippen molar-refractivity contribution in [2.45, 2.75) is 32.2 Å². The van der Waals surface area contributed by atoms with Crippen molar-refractivity contribution in [3.05, 3.63) is 60.0 Å². The van der Waals surface area contributed by atoms with Crippen molar-refractivity contribution in [1.29, 1.82) is 0 Å². The van der Waals surface area contributed by atoms with E-state index in [1.54, 1.807) is 40.9 Å². The van der Waals surface area contributed by atoms with Crippen LogP contribution in [-0.4, -0.2) is 43.7 Å². The number of carbonyl (C=O) groups is 1. The highest BCUT2D eigenvalue weighted by Gasteiger charge is 2.28. The fourth-order valence-corrected chi connectivity index (χ4v) is 3.40. The molecule has 1 aliphatic heterocycles. The molecule has 28 heavy (non-hydrogen) atoms. The maximum atomic E-state index is 14.3. The summed E-state index contributed by atoms with van der Waals surface area (Å²) in [7, 11) is 0. The lowest BCUT2D eigenvalue weighted by Crippen LogP contribution is -2.44. The van der Waals surface area contributed by atoms with Gasteiger partial charge in [0.2, 0.25) is 5.89 Å². The molecule has 0 bridgehead atoms. The van der Waals surface area contributed by atoms with Crippen molar-refractivity contribution >= 4 is 6.03 Å². The molecule has 0 radical (unpaired) electrons. The summed E-state index contributed by atoms with van der Waals surface area (Å²) in [4.78, 5) is 22.5. The molecule has 0 saturated carbocycles. The lowest BCUT2D eigenvalue weighted by Gasteiger charge is -2.31. The maximum Gasteiger partial charge on any atom is 0.317 e. The van der Waals surface area contributed by atoms with Crippen LogP contribution in [-0.2, 0) is 6.54 Å². The second kappa shape index (κ2) is 7.79. The second-order valence-electron chi connectivity index (χ2n) is 6.88. The van der Waals surface area contributed by atoms with Gasteiger partial charge in [-0.1, -0.05) is 11.2 Å². The number of imidazole rings is 1. The molecule has 0 spiro atoms. The van der Waals surface area contributed by atoms with E-state index in [1.807, 2.05) is 0 Å². The normalized spacial score (nSPS) is 16.9. The summed E-state index contributed by atoms with van der Waals surface area (Å²) < 4.78 is 21.2. The molecule has 1 unspecified atom stereocenters. The number of likely N-dealkylation sites (tertiary alicyclic amines) is 1. The summed E-state index contributed by atoms with van der Waals surface area (Å²) in [6.07, 6.45) is 6.59. The first-order chi connectivity index (χ1) is 13.6. The predicted molar refractivity (Wildman–Crippen MR) is 98.3 cm³/mol. The van der Waals surface area contributed by atoms with Gasteiger partial charge in [-0.15, -0.1) is 0 Å². The molecule has 9 heteroatoms. The molecule has 2 amide bonds. The van der Waals surface area contributed by atoms with Crippen LogP contribution in [0.1, 0.15) is 36.0 Å².